The number of nitrogens with two attached hydrogens (primary N) is 1. The van der Waals surface area contributed by atoms with Crippen LogP contribution in [0.25, 0.3) is 0 Å². The molecule has 0 aliphatic heterocycles. The van der Waals surface area contributed by atoms with E-state index in [2.05, 4.69) is 31.3 Å². The predicted molar refractivity (Wildman–Crippen MR) is 73.9 cm³/mol. The molecular weight excluding hydrogens is 208 g/mol. The van der Waals surface area contributed by atoms with Gasteiger partial charge in [0.1, 0.15) is 0 Å². The Labute approximate surface area is 105 Å². The van der Waals surface area contributed by atoms with Crippen molar-refractivity contribution in [2.45, 2.75) is 46.1 Å². The fourth-order valence-electron chi connectivity index (χ4n) is 2.68. The highest BCUT2D eigenvalue weighted by Gasteiger charge is 2.34. The van der Waals surface area contributed by atoms with Gasteiger partial charge in [0.25, 0.3) is 0 Å². The van der Waals surface area contributed by atoms with Crippen LogP contribution in [-0.4, -0.2) is 6.54 Å². The van der Waals surface area contributed by atoms with Gasteiger partial charge < -0.3 is 11.1 Å². The molecule has 2 nitrogen and oxygen atoms in total. The van der Waals surface area contributed by atoms with E-state index in [4.69, 9.17) is 5.73 Å². The van der Waals surface area contributed by atoms with E-state index in [0.717, 1.165) is 18.8 Å². The maximum absolute atomic E-state index is 5.98. The molecular formula is C15H24N2. The molecule has 2 rings (SSSR count). The van der Waals surface area contributed by atoms with Crippen molar-refractivity contribution in [3.63, 3.8) is 0 Å². The van der Waals surface area contributed by atoms with Crippen molar-refractivity contribution >= 4 is 5.69 Å². The summed E-state index contributed by atoms with van der Waals surface area (Å²) in [4.78, 5) is 0. The summed E-state index contributed by atoms with van der Waals surface area (Å²) in [6.07, 6.45) is 5.48. The normalized spacial score (nSPS) is 17.8. The smallest absolute Gasteiger partial charge is 0.0359 e. The van der Waals surface area contributed by atoms with Crippen molar-refractivity contribution in [1.29, 1.82) is 0 Å². The molecule has 2 heteroatoms. The number of hydrogen-bond donors (Lipinski definition) is 2. The molecule has 0 spiro atoms. The highest BCUT2D eigenvalue weighted by Crippen LogP contribution is 2.43. The highest BCUT2D eigenvalue weighted by atomic mass is 14.9. The maximum Gasteiger partial charge on any atom is 0.0359 e. The zero-order valence-corrected chi connectivity index (χ0v) is 11.1. The molecule has 0 unspecified atom stereocenters. The van der Waals surface area contributed by atoms with Crippen LogP contribution in [0.15, 0.2) is 18.2 Å². The molecule has 0 amide bonds. The van der Waals surface area contributed by atoms with Gasteiger partial charge in [0.05, 0.1) is 0 Å². The third kappa shape index (κ3) is 2.81. The molecule has 1 aliphatic carbocycles. The Morgan fingerprint density at radius 1 is 1.35 bits per heavy atom. The van der Waals surface area contributed by atoms with Crippen molar-refractivity contribution in [2.24, 2.45) is 5.41 Å². The summed E-state index contributed by atoms with van der Waals surface area (Å²) in [5.74, 6) is 0. The van der Waals surface area contributed by atoms with Gasteiger partial charge in [0, 0.05) is 18.8 Å². The maximum atomic E-state index is 5.98. The molecule has 1 aromatic rings. The monoisotopic (exact) mass is 232 g/mol. The Morgan fingerprint density at radius 2 is 2.12 bits per heavy atom. The van der Waals surface area contributed by atoms with Crippen LogP contribution >= 0.6 is 0 Å². The van der Waals surface area contributed by atoms with E-state index < -0.39 is 0 Å². The number of nitrogen functional groups attached to an aromatic ring is 1. The van der Waals surface area contributed by atoms with Crippen molar-refractivity contribution < 1.29 is 0 Å². The minimum atomic E-state index is 0.582. The molecule has 3 N–H and O–H groups in total. The molecule has 0 bridgehead atoms. The Morgan fingerprint density at radius 3 is 2.71 bits per heavy atom. The first kappa shape index (κ1) is 12.4. The van der Waals surface area contributed by atoms with Gasteiger partial charge in [-0.05, 0) is 43.2 Å². The van der Waals surface area contributed by atoms with Gasteiger partial charge in [0.2, 0.25) is 0 Å². The molecule has 1 aromatic carbocycles. The van der Waals surface area contributed by atoms with Crippen LogP contribution in [-0.2, 0) is 6.54 Å². The second-order valence-electron chi connectivity index (χ2n) is 5.51. The quantitative estimate of drug-likeness (QED) is 0.765. The summed E-state index contributed by atoms with van der Waals surface area (Å²) in [5.41, 5.74) is 9.98. The lowest BCUT2D eigenvalue weighted by atomic mass is 9.67. The van der Waals surface area contributed by atoms with Crippen LogP contribution in [0.1, 0.15) is 43.7 Å². The Bertz CT molecular complexity index is 375. The SMILES string of the molecule is CCC1(CNCc2cc(C)ccc2N)CCC1. The Kier molecular flexibility index (Phi) is 3.72. The van der Waals surface area contributed by atoms with E-state index in [9.17, 15) is 0 Å². The molecule has 17 heavy (non-hydrogen) atoms. The molecule has 1 aliphatic rings. The molecule has 0 atom stereocenters. The van der Waals surface area contributed by atoms with Crippen molar-refractivity contribution in [1.82, 2.24) is 5.32 Å². The number of hydrogen-bond acceptors (Lipinski definition) is 2. The number of aryl methyl sites for hydroxylation is 1. The predicted octanol–water partition coefficient (Wildman–Crippen LogP) is 3.25. The summed E-state index contributed by atoms with van der Waals surface area (Å²) in [6.45, 7) is 6.45. The van der Waals surface area contributed by atoms with Crippen LogP contribution < -0.4 is 11.1 Å². The second-order valence-corrected chi connectivity index (χ2v) is 5.51. The standard InChI is InChI=1S/C15H24N2/c1-3-15(7-4-8-15)11-17-10-13-9-12(2)5-6-14(13)16/h5-6,9,17H,3-4,7-8,10-11,16H2,1-2H3. The first-order valence-electron chi connectivity index (χ1n) is 6.71. The van der Waals surface area contributed by atoms with Gasteiger partial charge in [-0.15, -0.1) is 0 Å². The van der Waals surface area contributed by atoms with Crippen LogP contribution in [0.4, 0.5) is 5.69 Å². The second kappa shape index (κ2) is 5.09. The molecule has 0 saturated heterocycles. The molecule has 0 heterocycles. The van der Waals surface area contributed by atoms with Crippen LogP contribution in [0.5, 0.6) is 0 Å². The Hall–Kier alpha value is -1.02. The van der Waals surface area contributed by atoms with E-state index in [1.807, 2.05) is 6.07 Å². The average molecular weight is 232 g/mol. The van der Waals surface area contributed by atoms with E-state index in [-0.39, 0.29) is 0 Å². The third-order valence-electron chi connectivity index (χ3n) is 4.28. The third-order valence-corrected chi connectivity index (χ3v) is 4.28. The van der Waals surface area contributed by atoms with Crippen LogP contribution in [0, 0.1) is 12.3 Å². The van der Waals surface area contributed by atoms with Gasteiger partial charge in [-0.1, -0.05) is 31.0 Å². The largest absolute Gasteiger partial charge is 0.398 e. The van der Waals surface area contributed by atoms with E-state index in [1.165, 1.54) is 36.8 Å². The van der Waals surface area contributed by atoms with Crippen LogP contribution in [0.2, 0.25) is 0 Å². The molecule has 1 saturated carbocycles. The highest BCUT2D eigenvalue weighted by molar-refractivity contribution is 5.48. The Balaban J connectivity index is 1.87. The van der Waals surface area contributed by atoms with Crippen LogP contribution in [0.3, 0.4) is 0 Å². The van der Waals surface area contributed by atoms with Crippen molar-refractivity contribution in [3.05, 3.63) is 29.3 Å². The lowest BCUT2D eigenvalue weighted by molar-refractivity contribution is 0.124. The van der Waals surface area contributed by atoms with Gasteiger partial charge in [-0.25, -0.2) is 0 Å². The number of rotatable bonds is 5. The summed E-state index contributed by atoms with van der Waals surface area (Å²) < 4.78 is 0. The minimum absolute atomic E-state index is 0.582. The van der Waals surface area contributed by atoms with Gasteiger partial charge in [0.15, 0.2) is 0 Å². The number of benzene rings is 1. The van der Waals surface area contributed by atoms with E-state index >= 15 is 0 Å². The summed E-state index contributed by atoms with van der Waals surface area (Å²) >= 11 is 0. The molecule has 0 aromatic heterocycles. The average Bonchev–Trinajstić information content (AvgIpc) is 2.27. The topological polar surface area (TPSA) is 38.0 Å². The summed E-state index contributed by atoms with van der Waals surface area (Å²) in [5, 5.41) is 3.58. The van der Waals surface area contributed by atoms with E-state index in [0.29, 0.717) is 5.41 Å². The molecule has 94 valence electrons. The fourth-order valence-corrected chi connectivity index (χ4v) is 2.68. The van der Waals surface area contributed by atoms with E-state index in [1.54, 1.807) is 0 Å². The zero-order chi connectivity index (χ0) is 12.3. The lowest BCUT2D eigenvalue weighted by Gasteiger charge is -2.41. The van der Waals surface area contributed by atoms with Gasteiger partial charge in [-0.3, -0.25) is 0 Å². The molecule has 1 fully saturated rings. The summed E-state index contributed by atoms with van der Waals surface area (Å²) in [6, 6.07) is 6.26. The first-order chi connectivity index (χ1) is 8.15. The number of nitrogens with one attached hydrogen (secondary N) is 1. The zero-order valence-electron chi connectivity index (χ0n) is 11.1. The van der Waals surface area contributed by atoms with Gasteiger partial charge in [-0.2, -0.15) is 0 Å². The van der Waals surface area contributed by atoms with Crippen molar-refractivity contribution in [2.75, 3.05) is 12.3 Å². The molecule has 0 radical (unpaired) electrons. The van der Waals surface area contributed by atoms with Crippen molar-refractivity contribution in [3.8, 4) is 0 Å². The fraction of sp³-hybridized carbons (Fsp3) is 0.600. The summed E-state index contributed by atoms with van der Waals surface area (Å²) in [7, 11) is 0. The number of anilines is 1. The first-order valence-corrected chi connectivity index (χ1v) is 6.71. The minimum Gasteiger partial charge on any atom is -0.398 e. The lowest BCUT2D eigenvalue weighted by Crippen LogP contribution is -2.39. The van der Waals surface area contributed by atoms with Gasteiger partial charge >= 0.3 is 0 Å².